The van der Waals surface area contributed by atoms with Crippen molar-refractivity contribution in [2.24, 2.45) is 13.0 Å². The van der Waals surface area contributed by atoms with Gasteiger partial charge in [0.25, 0.3) is 0 Å². The summed E-state index contributed by atoms with van der Waals surface area (Å²) in [6.07, 6.45) is 2.75. The third kappa shape index (κ3) is 4.65. The number of hydrogen-bond acceptors (Lipinski definition) is 3. The predicted molar refractivity (Wildman–Crippen MR) is 91.0 cm³/mol. The molecule has 1 atom stereocenters. The lowest BCUT2D eigenvalue weighted by molar-refractivity contribution is -0.121. The van der Waals surface area contributed by atoms with Crippen LogP contribution in [0, 0.1) is 19.8 Å². The molecular formula is C18H26N4O. The molecule has 1 unspecified atom stereocenters. The van der Waals surface area contributed by atoms with Gasteiger partial charge in [-0.1, -0.05) is 32.0 Å². The average Bonchev–Trinajstić information content (AvgIpc) is 2.88. The van der Waals surface area contributed by atoms with Crippen LogP contribution in [0.2, 0.25) is 0 Å². The van der Waals surface area contributed by atoms with Gasteiger partial charge in [-0.15, -0.1) is 0 Å². The lowest BCUT2D eigenvalue weighted by Gasteiger charge is -2.20. The second kappa shape index (κ2) is 7.40. The van der Waals surface area contributed by atoms with Crippen LogP contribution in [-0.4, -0.2) is 20.7 Å². The van der Waals surface area contributed by atoms with E-state index >= 15 is 0 Å². The van der Waals surface area contributed by atoms with Gasteiger partial charge < -0.3 is 5.32 Å². The fourth-order valence-corrected chi connectivity index (χ4v) is 2.67. The Kier molecular flexibility index (Phi) is 5.53. The summed E-state index contributed by atoms with van der Waals surface area (Å²) in [5.41, 5.74) is 3.49. The number of nitrogens with one attached hydrogen (secondary N) is 1. The highest BCUT2D eigenvalue weighted by molar-refractivity contribution is 5.79. The first-order valence-corrected chi connectivity index (χ1v) is 8.06. The van der Waals surface area contributed by atoms with E-state index in [4.69, 9.17) is 0 Å². The van der Waals surface area contributed by atoms with E-state index in [0.717, 1.165) is 17.8 Å². The monoisotopic (exact) mass is 314 g/mol. The summed E-state index contributed by atoms with van der Waals surface area (Å²) in [5.74, 6) is 1.27. The zero-order valence-electron chi connectivity index (χ0n) is 14.6. The lowest BCUT2D eigenvalue weighted by atomic mass is 10.0. The Labute approximate surface area is 138 Å². The smallest absolute Gasteiger partial charge is 0.225 e. The van der Waals surface area contributed by atoms with Gasteiger partial charge in [-0.3, -0.25) is 9.48 Å². The molecule has 0 saturated heterocycles. The van der Waals surface area contributed by atoms with Crippen LogP contribution in [0.3, 0.4) is 0 Å². The predicted octanol–water partition coefficient (Wildman–Crippen LogP) is 2.88. The Hall–Kier alpha value is -2.17. The molecule has 124 valence electrons. The molecule has 0 radical (unpaired) electrons. The number of benzene rings is 1. The largest absolute Gasteiger partial charge is 0.346 e. The van der Waals surface area contributed by atoms with Crippen LogP contribution in [0.4, 0.5) is 0 Å². The molecule has 5 heteroatoms. The Morgan fingerprint density at radius 1 is 1.26 bits per heavy atom. The minimum absolute atomic E-state index is 0.0157. The van der Waals surface area contributed by atoms with Crippen molar-refractivity contribution in [3.8, 4) is 0 Å². The highest BCUT2D eigenvalue weighted by Gasteiger charge is 2.20. The first-order valence-electron chi connectivity index (χ1n) is 8.06. The molecule has 0 aliphatic heterocycles. The molecule has 5 nitrogen and oxygen atoms in total. The molecule has 0 spiro atoms. The van der Waals surface area contributed by atoms with Crippen LogP contribution >= 0.6 is 0 Å². The molecule has 2 aromatic rings. The van der Waals surface area contributed by atoms with Gasteiger partial charge in [0, 0.05) is 7.05 Å². The van der Waals surface area contributed by atoms with Crippen molar-refractivity contribution in [3.63, 3.8) is 0 Å². The molecule has 1 amide bonds. The number of aryl methyl sites for hydroxylation is 3. The Morgan fingerprint density at radius 3 is 2.57 bits per heavy atom. The molecule has 1 N–H and O–H groups in total. The molecule has 1 aromatic heterocycles. The third-order valence-electron chi connectivity index (χ3n) is 4.04. The van der Waals surface area contributed by atoms with Gasteiger partial charge in [0.1, 0.15) is 12.2 Å². The van der Waals surface area contributed by atoms with Gasteiger partial charge in [-0.05, 0) is 42.9 Å². The van der Waals surface area contributed by atoms with E-state index in [1.54, 1.807) is 4.68 Å². The van der Waals surface area contributed by atoms with Crippen LogP contribution in [0.1, 0.15) is 48.8 Å². The zero-order chi connectivity index (χ0) is 17.0. The van der Waals surface area contributed by atoms with E-state index in [-0.39, 0.29) is 11.9 Å². The van der Waals surface area contributed by atoms with Crippen LogP contribution in [0.5, 0.6) is 0 Å². The maximum atomic E-state index is 12.4. The Bertz CT molecular complexity index is 675. The average molecular weight is 314 g/mol. The summed E-state index contributed by atoms with van der Waals surface area (Å²) in [7, 11) is 1.85. The molecular weight excluding hydrogens is 288 g/mol. The molecule has 0 bridgehead atoms. The van der Waals surface area contributed by atoms with E-state index < -0.39 is 0 Å². The van der Waals surface area contributed by atoms with Gasteiger partial charge in [-0.2, -0.15) is 5.10 Å². The maximum absolute atomic E-state index is 12.4. The number of carbonyl (C=O) groups is 1. The molecule has 0 aliphatic rings. The van der Waals surface area contributed by atoms with Gasteiger partial charge in [0.15, 0.2) is 0 Å². The molecule has 0 fully saturated rings. The molecule has 0 aliphatic carbocycles. The number of nitrogens with zero attached hydrogens (tertiary/aromatic N) is 3. The topological polar surface area (TPSA) is 59.8 Å². The van der Waals surface area contributed by atoms with E-state index in [2.05, 4.69) is 55.2 Å². The minimum atomic E-state index is -0.110. The highest BCUT2D eigenvalue weighted by Crippen LogP contribution is 2.19. The maximum Gasteiger partial charge on any atom is 0.225 e. The highest BCUT2D eigenvalue weighted by atomic mass is 16.1. The van der Waals surface area contributed by atoms with Crippen molar-refractivity contribution >= 4 is 5.91 Å². The van der Waals surface area contributed by atoms with Crippen molar-refractivity contribution in [2.75, 3.05) is 0 Å². The summed E-state index contributed by atoms with van der Waals surface area (Å²) in [6, 6.07) is 6.05. The number of carbonyl (C=O) groups excluding carboxylic acids is 1. The van der Waals surface area contributed by atoms with Crippen LogP contribution in [0.25, 0.3) is 0 Å². The second-order valence-electron chi connectivity index (χ2n) is 6.59. The van der Waals surface area contributed by atoms with Gasteiger partial charge in [0.05, 0.1) is 12.5 Å². The van der Waals surface area contributed by atoms with E-state index in [1.165, 1.54) is 17.5 Å². The number of aromatic nitrogens is 3. The van der Waals surface area contributed by atoms with Gasteiger partial charge in [-0.25, -0.2) is 4.98 Å². The number of amides is 1. The first kappa shape index (κ1) is 17.2. The summed E-state index contributed by atoms with van der Waals surface area (Å²) in [4.78, 5) is 16.7. The van der Waals surface area contributed by atoms with Gasteiger partial charge >= 0.3 is 0 Å². The summed E-state index contributed by atoms with van der Waals surface area (Å²) >= 11 is 0. The fraction of sp³-hybridized carbons (Fsp3) is 0.500. The fourth-order valence-electron chi connectivity index (χ4n) is 2.67. The summed E-state index contributed by atoms with van der Waals surface area (Å²) in [5, 5.41) is 7.22. The lowest BCUT2D eigenvalue weighted by Crippen LogP contribution is -2.32. The number of hydrogen-bond donors (Lipinski definition) is 1. The van der Waals surface area contributed by atoms with Crippen molar-refractivity contribution in [1.82, 2.24) is 20.1 Å². The van der Waals surface area contributed by atoms with Crippen molar-refractivity contribution in [3.05, 3.63) is 47.0 Å². The SMILES string of the molecule is Cc1ccc(CC(=O)NC(CC(C)C)c2ncnn2C)cc1C. The van der Waals surface area contributed by atoms with Crippen molar-refractivity contribution < 1.29 is 4.79 Å². The van der Waals surface area contributed by atoms with Crippen molar-refractivity contribution in [1.29, 1.82) is 0 Å². The van der Waals surface area contributed by atoms with E-state index in [1.807, 2.05) is 13.1 Å². The second-order valence-corrected chi connectivity index (χ2v) is 6.59. The van der Waals surface area contributed by atoms with Crippen LogP contribution in [0.15, 0.2) is 24.5 Å². The molecule has 23 heavy (non-hydrogen) atoms. The minimum Gasteiger partial charge on any atom is -0.346 e. The normalized spacial score (nSPS) is 12.4. The van der Waals surface area contributed by atoms with E-state index in [9.17, 15) is 4.79 Å². The third-order valence-corrected chi connectivity index (χ3v) is 4.04. The van der Waals surface area contributed by atoms with E-state index in [0.29, 0.717) is 12.3 Å². The van der Waals surface area contributed by atoms with Crippen LogP contribution in [-0.2, 0) is 18.3 Å². The standard InChI is InChI=1S/C18H26N4O/c1-12(2)8-16(18-19-11-20-22(18)5)21-17(23)10-15-7-6-13(3)14(4)9-15/h6-7,9,11-12,16H,8,10H2,1-5H3,(H,21,23). The van der Waals surface area contributed by atoms with Crippen LogP contribution < -0.4 is 5.32 Å². The van der Waals surface area contributed by atoms with Crippen molar-refractivity contribution in [2.45, 2.75) is 46.6 Å². The van der Waals surface area contributed by atoms with Gasteiger partial charge in [0.2, 0.25) is 5.91 Å². The first-order chi connectivity index (χ1) is 10.9. The number of rotatable bonds is 6. The zero-order valence-corrected chi connectivity index (χ0v) is 14.6. The summed E-state index contributed by atoms with van der Waals surface area (Å²) < 4.78 is 1.73. The Morgan fingerprint density at radius 2 is 2.00 bits per heavy atom. The molecule has 2 rings (SSSR count). The Balaban J connectivity index is 2.08. The molecule has 1 heterocycles. The molecule has 1 aromatic carbocycles. The quantitative estimate of drug-likeness (QED) is 0.892. The summed E-state index contributed by atoms with van der Waals surface area (Å²) in [6.45, 7) is 8.42. The molecule has 0 saturated carbocycles.